The molecule has 0 saturated heterocycles. The second kappa shape index (κ2) is 6.24. The minimum absolute atomic E-state index is 0.175. The van der Waals surface area contributed by atoms with Gasteiger partial charge < -0.3 is 21.5 Å². The molecule has 0 fully saturated rings. The van der Waals surface area contributed by atoms with E-state index >= 15 is 0 Å². The highest BCUT2D eigenvalue weighted by molar-refractivity contribution is 5.97. The number of amides is 1. The van der Waals surface area contributed by atoms with Crippen LogP contribution in [0.25, 0.3) is 6.08 Å². The summed E-state index contributed by atoms with van der Waals surface area (Å²) >= 11 is 0. The van der Waals surface area contributed by atoms with Crippen LogP contribution in [-0.2, 0) is 11.2 Å². The summed E-state index contributed by atoms with van der Waals surface area (Å²) < 4.78 is 0. The SMILES string of the molecule is CC(C)(O)CC(C)(C)NC(=O)/C(N)=C/c1cccc2c1CCN2. The van der Waals surface area contributed by atoms with Gasteiger partial charge in [-0.05, 0) is 63.8 Å². The lowest BCUT2D eigenvalue weighted by Crippen LogP contribution is -2.49. The number of benzene rings is 1. The standard InChI is InChI=1S/C18H27N3O2/c1-17(2,11-18(3,4)23)21-16(22)14(19)10-12-6-5-7-15-13(12)8-9-20-15/h5-7,10,20,23H,8-9,11,19H2,1-4H3,(H,21,22)/b14-10-. The molecule has 0 aliphatic carbocycles. The maximum atomic E-state index is 12.3. The topological polar surface area (TPSA) is 87.4 Å². The van der Waals surface area contributed by atoms with Crippen molar-refractivity contribution in [3.05, 3.63) is 35.0 Å². The van der Waals surface area contributed by atoms with Gasteiger partial charge in [0.2, 0.25) is 0 Å². The van der Waals surface area contributed by atoms with Crippen molar-refractivity contribution in [1.29, 1.82) is 0 Å². The number of hydrogen-bond donors (Lipinski definition) is 4. The summed E-state index contributed by atoms with van der Waals surface area (Å²) in [6, 6.07) is 5.95. The summed E-state index contributed by atoms with van der Waals surface area (Å²) in [5.74, 6) is -0.317. The Morgan fingerprint density at radius 2 is 2.09 bits per heavy atom. The average Bonchev–Trinajstić information content (AvgIpc) is 2.84. The van der Waals surface area contributed by atoms with Gasteiger partial charge in [-0.3, -0.25) is 4.79 Å². The van der Waals surface area contributed by atoms with Crippen molar-refractivity contribution in [3.63, 3.8) is 0 Å². The van der Waals surface area contributed by atoms with E-state index in [1.54, 1.807) is 19.9 Å². The van der Waals surface area contributed by atoms with Crippen molar-refractivity contribution in [1.82, 2.24) is 5.32 Å². The van der Waals surface area contributed by atoms with Crippen molar-refractivity contribution < 1.29 is 9.90 Å². The molecule has 5 nitrogen and oxygen atoms in total. The molecule has 126 valence electrons. The monoisotopic (exact) mass is 317 g/mol. The molecule has 0 unspecified atom stereocenters. The van der Waals surface area contributed by atoms with Crippen LogP contribution >= 0.6 is 0 Å². The summed E-state index contributed by atoms with van der Waals surface area (Å²) in [4.78, 5) is 12.3. The summed E-state index contributed by atoms with van der Waals surface area (Å²) in [6.45, 7) is 8.10. The number of anilines is 1. The smallest absolute Gasteiger partial charge is 0.267 e. The van der Waals surface area contributed by atoms with Crippen LogP contribution in [0.2, 0.25) is 0 Å². The van der Waals surface area contributed by atoms with Gasteiger partial charge in [0.15, 0.2) is 0 Å². The van der Waals surface area contributed by atoms with E-state index in [1.165, 1.54) is 5.56 Å². The molecule has 2 rings (SSSR count). The fourth-order valence-corrected chi connectivity index (χ4v) is 3.25. The van der Waals surface area contributed by atoms with E-state index in [0.717, 1.165) is 24.2 Å². The van der Waals surface area contributed by atoms with Crippen LogP contribution in [0.15, 0.2) is 23.9 Å². The predicted molar refractivity (Wildman–Crippen MR) is 93.9 cm³/mol. The van der Waals surface area contributed by atoms with Gasteiger partial charge in [-0.1, -0.05) is 12.1 Å². The lowest BCUT2D eigenvalue weighted by molar-refractivity contribution is -0.119. The summed E-state index contributed by atoms with van der Waals surface area (Å²) in [5.41, 5.74) is 8.02. The van der Waals surface area contributed by atoms with Crippen LogP contribution in [0, 0.1) is 0 Å². The maximum absolute atomic E-state index is 12.3. The number of nitrogens with two attached hydrogens (primary N) is 1. The molecule has 0 radical (unpaired) electrons. The highest BCUT2D eigenvalue weighted by atomic mass is 16.3. The molecule has 0 saturated carbocycles. The number of fused-ring (bicyclic) bond motifs is 1. The molecule has 5 heteroatoms. The minimum atomic E-state index is -0.860. The first-order valence-corrected chi connectivity index (χ1v) is 7.95. The van der Waals surface area contributed by atoms with Crippen molar-refractivity contribution in [2.45, 2.75) is 51.7 Å². The van der Waals surface area contributed by atoms with Crippen molar-refractivity contribution >= 4 is 17.7 Å². The zero-order chi connectivity index (χ0) is 17.3. The number of nitrogens with one attached hydrogen (secondary N) is 2. The van der Waals surface area contributed by atoms with Gasteiger partial charge in [-0.15, -0.1) is 0 Å². The zero-order valence-electron chi connectivity index (χ0n) is 14.4. The number of rotatable bonds is 5. The van der Waals surface area contributed by atoms with E-state index in [0.29, 0.717) is 6.42 Å². The molecule has 1 heterocycles. The quantitative estimate of drug-likeness (QED) is 0.626. The molecular formula is C18H27N3O2. The average molecular weight is 317 g/mol. The first-order chi connectivity index (χ1) is 10.6. The predicted octanol–water partition coefficient (Wildman–Crippen LogP) is 2.01. The maximum Gasteiger partial charge on any atom is 0.267 e. The molecule has 1 aliphatic rings. The van der Waals surface area contributed by atoms with Gasteiger partial charge in [0.05, 0.1) is 11.3 Å². The van der Waals surface area contributed by atoms with Crippen molar-refractivity contribution in [2.75, 3.05) is 11.9 Å². The second-order valence-corrected chi connectivity index (χ2v) is 7.48. The number of hydrogen-bond acceptors (Lipinski definition) is 4. The van der Waals surface area contributed by atoms with E-state index in [2.05, 4.69) is 10.6 Å². The van der Waals surface area contributed by atoms with Crippen LogP contribution in [0.5, 0.6) is 0 Å². The molecule has 0 bridgehead atoms. The molecule has 0 atom stereocenters. The first kappa shape index (κ1) is 17.3. The molecule has 1 aromatic carbocycles. The Kier molecular flexibility index (Phi) is 4.71. The third kappa shape index (κ3) is 4.73. The van der Waals surface area contributed by atoms with Gasteiger partial charge in [0.25, 0.3) is 5.91 Å². The molecule has 1 aromatic rings. The summed E-state index contributed by atoms with van der Waals surface area (Å²) in [7, 11) is 0. The normalized spacial score (nSPS) is 15.1. The van der Waals surface area contributed by atoms with E-state index in [1.807, 2.05) is 32.0 Å². The third-order valence-electron chi connectivity index (χ3n) is 3.80. The minimum Gasteiger partial charge on any atom is -0.394 e. The second-order valence-electron chi connectivity index (χ2n) is 7.48. The van der Waals surface area contributed by atoms with Gasteiger partial charge in [0.1, 0.15) is 0 Å². The Labute approximate surface area is 138 Å². The van der Waals surface area contributed by atoms with E-state index in [9.17, 15) is 9.90 Å². The molecular weight excluding hydrogens is 290 g/mol. The lowest BCUT2D eigenvalue weighted by atomic mass is 9.89. The Morgan fingerprint density at radius 3 is 2.74 bits per heavy atom. The first-order valence-electron chi connectivity index (χ1n) is 7.95. The molecule has 1 amide bonds. The Morgan fingerprint density at radius 1 is 1.39 bits per heavy atom. The summed E-state index contributed by atoms with van der Waals surface area (Å²) in [5, 5.41) is 16.1. The van der Waals surface area contributed by atoms with Gasteiger partial charge >= 0.3 is 0 Å². The molecule has 5 N–H and O–H groups in total. The van der Waals surface area contributed by atoms with Crippen molar-refractivity contribution in [2.24, 2.45) is 5.73 Å². The Hall–Kier alpha value is -2.01. The van der Waals surface area contributed by atoms with Crippen molar-refractivity contribution in [3.8, 4) is 0 Å². The van der Waals surface area contributed by atoms with Crippen LogP contribution in [0.4, 0.5) is 5.69 Å². The van der Waals surface area contributed by atoms with E-state index in [-0.39, 0.29) is 11.6 Å². The third-order valence-corrected chi connectivity index (χ3v) is 3.80. The number of carbonyl (C=O) groups excluding carboxylic acids is 1. The highest BCUT2D eigenvalue weighted by Crippen LogP contribution is 2.27. The Balaban J connectivity index is 2.13. The fraction of sp³-hybridized carbons (Fsp3) is 0.500. The number of aliphatic hydroxyl groups is 1. The number of carbonyl (C=O) groups is 1. The molecule has 0 aromatic heterocycles. The van der Waals surface area contributed by atoms with Crippen LogP contribution in [0.3, 0.4) is 0 Å². The van der Waals surface area contributed by atoms with Gasteiger partial charge in [0, 0.05) is 17.8 Å². The molecule has 1 aliphatic heterocycles. The van der Waals surface area contributed by atoms with Crippen LogP contribution < -0.4 is 16.4 Å². The Bertz CT molecular complexity index is 628. The molecule has 23 heavy (non-hydrogen) atoms. The van der Waals surface area contributed by atoms with E-state index < -0.39 is 11.1 Å². The fourth-order valence-electron chi connectivity index (χ4n) is 3.25. The van der Waals surface area contributed by atoms with Crippen LogP contribution in [0.1, 0.15) is 45.2 Å². The largest absolute Gasteiger partial charge is 0.394 e. The highest BCUT2D eigenvalue weighted by Gasteiger charge is 2.28. The van der Waals surface area contributed by atoms with Gasteiger partial charge in [-0.25, -0.2) is 0 Å². The molecule has 0 spiro atoms. The zero-order valence-corrected chi connectivity index (χ0v) is 14.4. The van der Waals surface area contributed by atoms with E-state index in [4.69, 9.17) is 5.73 Å². The van der Waals surface area contributed by atoms with Gasteiger partial charge in [-0.2, -0.15) is 0 Å². The summed E-state index contributed by atoms with van der Waals surface area (Å²) in [6.07, 6.45) is 3.09. The lowest BCUT2D eigenvalue weighted by Gasteiger charge is -2.32. The van der Waals surface area contributed by atoms with Crippen LogP contribution in [-0.4, -0.2) is 28.7 Å².